The van der Waals surface area contributed by atoms with Crippen LogP contribution in [0.1, 0.15) is 16.1 Å². The van der Waals surface area contributed by atoms with Crippen molar-refractivity contribution in [3.63, 3.8) is 0 Å². The van der Waals surface area contributed by atoms with Gasteiger partial charge in [0.15, 0.2) is 5.11 Å². The van der Waals surface area contributed by atoms with E-state index in [1.165, 1.54) is 54.6 Å². The smallest absolute Gasteiger partial charge is 0.335 e. The minimum absolute atomic E-state index is 0.0573. The molecule has 33 heavy (non-hydrogen) atoms. The molecule has 2 N–H and O–H groups in total. The number of nitrogens with one attached hydrogen (secondary N) is 1. The molecular formula is C22H13N3O7S. The highest BCUT2D eigenvalue weighted by Gasteiger charge is 2.35. The fraction of sp³-hybridized carbons (Fsp3) is 0. The molecular weight excluding hydrogens is 450 g/mol. The van der Waals surface area contributed by atoms with Crippen molar-refractivity contribution in [3.8, 4) is 11.3 Å². The number of carbonyl (C=O) groups excluding carboxylic acids is 2. The molecule has 0 radical (unpaired) electrons. The summed E-state index contributed by atoms with van der Waals surface area (Å²) in [5.41, 5.74) is 0.162. The molecule has 1 aromatic heterocycles. The summed E-state index contributed by atoms with van der Waals surface area (Å²) >= 11 is 5.11. The molecule has 4 rings (SSSR count). The number of nitro benzene ring substituents is 1. The average Bonchev–Trinajstić information content (AvgIpc) is 3.25. The third kappa shape index (κ3) is 4.25. The van der Waals surface area contributed by atoms with Crippen molar-refractivity contribution in [2.75, 3.05) is 4.90 Å². The zero-order valence-electron chi connectivity index (χ0n) is 16.6. The van der Waals surface area contributed by atoms with Gasteiger partial charge in [0.25, 0.3) is 17.5 Å². The molecule has 2 heterocycles. The van der Waals surface area contributed by atoms with Gasteiger partial charge in [-0.3, -0.25) is 29.9 Å². The largest absolute Gasteiger partial charge is 0.478 e. The van der Waals surface area contributed by atoms with Gasteiger partial charge < -0.3 is 9.52 Å². The van der Waals surface area contributed by atoms with Gasteiger partial charge in [-0.1, -0.05) is 18.2 Å². The molecule has 0 aliphatic carbocycles. The molecule has 1 saturated heterocycles. The van der Waals surface area contributed by atoms with E-state index in [2.05, 4.69) is 5.32 Å². The highest BCUT2D eigenvalue weighted by Crippen LogP contribution is 2.28. The van der Waals surface area contributed by atoms with Crippen LogP contribution in [-0.4, -0.2) is 32.9 Å². The van der Waals surface area contributed by atoms with Gasteiger partial charge >= 0.3 is 5.97 Å². The number of nitrogens with zero attached hydrogens (tertiary/aromatic N) is 2. The maximum atomic E-state index is 13.1. The molecule has 0 unspecified atom stereocenters. The molecule has 0 bridgehead atoms. The van der Waals surface area contributed by atoms with E-state index in [1.54, 1.807) is 12.1 Å². The molecule has 1 fully saturated rings. The molecule has 1 aliphatic rings. The van der Waals surface area contributed by atoms with Gasteiger partial charge in [0.1, 0.15) is 17.1 Å². The summed E-state index contributed by atoms with van der Waals surface area (Å²) in [6.45, 7) is 0. The maximum Gasteiger partial charge on any atom is 0.335 e. The number of non-ortho nitro benzene ring substituents is 1. The number of hydrogen-bond donors (Lipinski definition) is 2. The number of furan rings is 1. The highest BCUT2D eigenvalue weighted by molar-refractivity contribution is 7.80. The van der Waals surface area contributed by atoms with Crippen molar-refractivity contribution in [1.82, 2.24) is 5.32 Å². The molecule has 3 aromatic rings. The predicted molar refractivity (Wildman–Crippen MR) is 120 cm³/mol. The number of thiocarbonyl (C=S) groups is 1. The zero-order chi connectivity index (χ0) is 23.7. The lowest BCUT2D eigenvalue weighted by molar-refractivity contribution is -0.384. The van der Waals surface area contributed by atoms with Gasteiger partial charge in [-0.15, -0.1) is 0 Å². The summed E-state index contributed by atoms with van der Waals surface area (Å²) in [6.07, 6.45) is 1.22. The lowest BCUT2D eigenvalue weighted by Gasteiger charge is -2.28. The topological polar surface area (TPSA) is 143 Å². The Kier molecular flexibility index (Phi) is 5.54. The molecule has 11 heteroatoms. The summed E-state index contributed by atoms with van der Waals surface area (Å²) in [4.78, 5) is 48.3. The van der Waals surface area contributed by atoms with Crippen molar-refractivity contribution >= 4 is 52.6 Å². The Hall–Kier alpha value is -4.64. The SMILES string of the molecule is O=C1NC(=S)N(c2cccc(C(=O)O)c2)C(=O)C1=Cc1ccc(-c2cccc([N+](=O)[O-])c2)o1. The van der Waals surface area contributed by atoms with Crippen LogP contribution in [-0.2, 0) is 9.59 Å². The van der Waals surface area contributed by atoms with E-state index < -0.39 is 22.7 Å². The Bertz CT molecular complexity index is 1380. The molecule has 2 aromatic carbocycles. The van der Waals surface area contributed by atoms with E-state index in [9.17, 15) is 29.6 Å². The molecule has 0 saturated carbocycles. The monoisotopic (exact) mass is 463 g/mol. The van der Waals surface area contributed by atoms with Crippen LogP contribution in [0.5, 0.6) is 0 Å². The maximum absolute atomic E-state index is 13.1. The first-order chi connectivity index (χ1) is 15.7. The van der Waals surface area contributed by atoms with Gasteiger partial charge in [0, 0.05) is 17.7 Å². The number of amides is 2. The Balaban J connectivity index is 1.67. The quantitative estimate of drug-likeness (QED) is 0.193. The number of nitro groups is 1. The second-order valence-electron chi connectivity index (χ2n) is 6.82. The van der Waals surface area contributed by atoms with Crippen molar-refractivity contribution in [2.45, 2.75) is 0 Å². The van der Waals surface area contributed by atoms with Crippen LogP contribution in [0.4, 0.5) is 11.4 Å². The van der Waals surface area contributed by atoms with Gasteiger partial charge in [-0.25, -0.2) is 4.79 Å². The summed E-state index contributed by atoms with van der Waals surface area (Å²) < 4.78 is 5.66. The molecule has 10 nitrogen and oxygen atoms in total. The second kappa shape index (κ2) is 8.48. The highest BCUT2D eigenvalue weighted by atomic mass is 32.1. The molecule has 164 valence electrons. The van der Waals surface area contributed by atoms with Crippen LogP contribution in [0, 0.1) is 10.1 Å². The normalized spacial score (nSPS) is 15.0. The minimum Gasteiger partial charge on any atom is -0.478 e. The first-order valence-electron chi connectivity index (χ1n) is 9.34. The number of carboxylic acid groups (broad SMARTS) is 1. The molecule has 2 amide bonds. The number of anilines is 1. The van der Waals surface area contributed by atoms with Crippen molar-refractivity contribution in [1.29, 1.82) is 0 Å². The second-order valence-corrected chi connectivity index (χ2v) is 7.21. The zero-order valence-corrected chi connectivity index (χ0v) is 17.4. The first-order valence-corrected chi connectivity index (χ1v) is 9.75. The number of hydrogen-bond acceptors (Lipinski definition) is 7. The third-order valence-electron chi connectivity index (χ3n) is 4.71. The van der Waals surface area contributed by atoms with Gasteiger partial charge in [-0.2, -0.15) is 0 Å². The Morgan fingerprint density at radius 3 is 2.61 bits per heavy atom. The molecule has 0 atom stereocenters. The fourth-order valence-electron chi connectivity index (χ4n) is 3.17. The van der Waals surface area contributed by atoms with E-state index in [-0.39, 0.29) is 33.4 Å². The number of benzene rings is 2. The van der Waals surface area contributed by atoms with Crippen LogP contribution < -0.4 is 10.2 Å². The van der Waals surface area contributed by atoms with E-state index in [4.69, 9.17) is 16.6 Å². The number of rotatable bonds is 5. The van der Waals surface area contributed by atoms with E-state index in [0.717, 1.165) is 4.90 Å². The van der Waals surface area contributed by atoms with Crippen LogP contribution in [0.15, 0.2) is 70.7 Å². The summed E-state index contributed by atoms with van der Waals surface area (Å²) in [7, 11) is 0. The van der Waals surface area contributed by atoms with Crippen LogP contribution >= 0.6 is 12.2 Å². The van der Waals surface area contributed by atoms with Crippen LogP contribution in [0.3, 0.4) is 0 Å². The Morgan fingerprint density at radius 1 is 1.12 bits per heavy atom. The number of aromatic carboxylic acids is 1. The summed E-state index contributed by atoms with van der Waals surface area (Å²) in [6, 6.07) is 14.4. The van der Waals surface area contributed by atoms with Crippen LogP contribution in [0.25, 0.3) is 17.4 Å². The van der Waals surface area contributed by atoms with Gasteiger partial charge in [0.2, 0.25) is 0 Å². The van der Waals surface area contributed by atoms with Gasteiger partial charge in [0.05, 0.1) is 16.2 Å². The minimum atomic E-state index is -1.18. The molecule has 0 spiro atoms. The van der Waals surface area contributed by atoms with E-state index in [0.29, 0.717) is 11.3 Å². The third-order valence-corrected chi connectivity index (χ3v) is 4.99. The standard InChI is InChI=1S/C22H13N3O7S/c26-19-17(11-16-7-8-18(32-16)12-3-1-6-15(9-12)25(30)31)20(27)24(22(33)23-19)14-5-2-4-13(10-14)21(28)29/h1-11H,(H,28,29)(H,23,26,33). The fourth-order valence-corrected chi connectivity index (χ4v) is 3.45. The average molecular weight is 463 g/mol. The van der Waals surface area contributed by atoms with Crippen molar-refractivity contribution in [2.24, 2.45) is 0 Å². The van der Waals surface area contributed by atoms with Crippen LogP contribution in [0.2, 0.25) is 0 Å². The molecule has 1 aliphatic heterocycles. The Labute approximate surface area is 190 Å². The lowest BCUT2D eigenvalue weighted by atomic mass is 10.1. The van der Waals surface area contributed by atoms with Crippen molar-refractivity contribution in [3.05, 3.63) is 87.7 Å². The van der Waals surface area contributed by atoms with Crippen molar-refractivity contribution < 1.29 is 28.8 Å². The predicted octanol–water partition coefficient (Wildman–Crippen LogP) is 3.38. The van der Waals surface area contributed by atoms with E-state index >= 15 is 0 Å². The Morgan fingerprint density at radius 2 is 1.88 bits per heavy atom. The number of carboxylic acids is 1. The van der Waals surface area contributed by atoms with E-state index in [1.807, 2.05) is 0 Å². The van der Waals surface area contributed by atoms with Gasteiger partial charge in [-0.05, 0) is 48.6 Å². The first kappa shape index (κ1) is 21.6. The lowest BCUT2D eigenvalue weighted by Crippen LogP contribution is -2.54. The summed E-state index contributed by atoms with van der Waals surface area (Å²) in [5.74, 6) is -2.24. The number of carbonyl (C=O) groups is 3. The summed E-state index contributed by atoms with van der Waals surface area (Å²) in [5, 5.41) is 22.4.